The van der Waals surface area contributed by atoms with Gasteiger partial charge in [0.25, 0.3) is 0 Å². The molecule has 0 aliphatic carbocycles. The zero-order valence-corrected chi connectivity index (χ0v) is 19.0. The minimum atomic E-state index is -0.267. The number of amides is 2. The molecule has 0 saturated heterocycles. The molecule has 0 aliphatic heterocycles. The molecule has 0 aliphatic rings. The second kappa shape index (κ2) is 10.8. The van der Waals surface area contributed by atoms with Crippen molar-refractivity contribution in [3.05, 3.63) is 65.7 Å². The molecule has 2 amide bonds. The van der Waals surface area contributed by atoms with Gasteiger partial charge in [0.2, 0.25) is 16.9 Å². The van der Waals surface area contributed by atoms with Crippen LogP contribution in [0, 0.1) is 6.92 Å². The van der Waals surface area contributed by atoms with E-state index in [-0.39, 0.29) is 24.3 Å². The molecule has 1 heterocycles. The van der Waals surface area contributed by atoms with E-state index in [0.29, 0.717) is 18.1 Å². The van der Waals surface area contributed by atoms with Gasteiger partial charge in [-0.25, -0.2) is 0 Å². The van der Waals surface area contributed by atoms with Crippen LogP contribution >= 0.6 is 11.3 Å². The number of carbonyl (C=O) groups excluding carboxylic acids is 2. The molecule has 0 unspecified atom stereocenters. The van der Waals surface area contributed by atoms with Crippen LogP contribution in [-0.2, 0) is 9.59 Å². The van der Waals surface area contributed by atoms with Crippen molar-refractivity contribution < 1.29 is 9.59 Å². The first kappa shape index (κ1) is 22.6. The lowest BCUT2D eigenvalue weighted by molar-refractivity contribution is -0.136. The van der Waals surface area contributed by atoms with Crippen molar-refractivity contribution in [1.29, 1.82) is 0 Å². The van der Waals surface area contributed by atoms with Crippen LogP contribution in [0.5, 0.6) is 0 Å². The highest BCUT2D eigenvalue weighted by molar-refractivity contribution is 7.18. The number of anilines is 1. The zero-order chi connectivity index (χ0) is 22.2. The van der Waals surface area contributed by atoms with E-state index in [9.17, 15) is 9.59 Å². The first-order valence-corrected chi connectivity index (χ1v) is 11.4. The van der Waals surface area contributed by atoms with Crippen LogP contribution in [-0.4, -0.2) is 40.0 Å². The fourth-order valence-electron chi connectivity index (χ4n) is 3.50. The van der Waals surface area contributed by atoms with Crippen LogP contribution in [0.1, 0.15) is 43.7 Å². The Morgan fingerprint density at radius 3 is 2.52 bits per heavy atom. The van der Waals surface area contributed by atoms with E-state index in [1.54, 1.807) is 4.90 Å². The van der Waals surface area contributed by atoms with Gasteiger partial charge >= 0.3 is 0 Å². The summed E-state index contributed by atoms with van der Waals surface area (Å²) in [6.07, 6.45) is 1.46. The van der Waals surface area contributed by atoms with Crippen molar-refractivity contribution in [1.82, 2.24) is 15.1 Å². The summed E-state index contributed by atoms with van der Waals surface area (Å²) < 4.78 is 0. The van der Waals surface area contributed by atoms with Gasteiger partial charge in [-0.05, 0) is 31.4 Å². The van der Waals surface area contributed by atoms with Gasteiger partial charge in [0.15, 0.2) is 0 Å². The molecule has 7 heteroatoms. The van der Waals surface area contributed by atoms with Gasteiger partial charge in [-0.2, -0.15) is 0 Å². The third-order valence-corrected chi connectivity index (χ3v) is 5.87. The zero-order valence-electron chi connectivity index (χ0n) is 18.2. The van der Waals surface area contributed by atoms with Crippen LogP contribution < -0.4 is 5.32 Å². The average Bonchev–Trinajstić information content (AvgIpc) is 3.23. The van der Waals surface area contributed by atoms with E-state index in [1.165, 1.54) is 11.3 Å². The number of aryl methyl sites for hydroxylation is 1. The van der Waals surface area contributed by atoms with Gasteiger partial charge in [-0.15, -0.1) is 10.2 Å². The molecular formula is C24H28N4O2S. The fraction of sp³-hybridized carbons (Fsp3) is 0.333. The summed E-state index contributed by atoms with van der Waals surface area (Å²) in [6, 6.07) is 17.7. The number of hydrogen-bond acceptors (Lipinski definition) is 5. The van der Waals surface area contributed by atoms with E-state index in [1.807, 2.05) is 75.4 Å². The Balaban J connectivity index is 1.67. The molecule has 1 aromatic heterocycles. The molecule has 0 bridgehead atoms. The number of rotatable bonds is 9. The SMILES string of the molecule is CCCN(CC(=O)Nc1nnc(-c2cccc(C)c2)s1)C(=O)[C@@H](CC)c1ccccc1. The Hall–Kier alpha value is -3.06. The Morgan fingerprint density at radius 2 is 1.84 bits per heavy atom. The maximum atomic E-state index is 13.2. The number of hydrogen-bond donors (Lipinski definition) is 1. The summed E-state index contributed by atoms with van der Waals surface area (Å²) in [5, 5.41) is 12.3. The van der Waals surface area contributed by atoms with Crippen LogP contribution in [0.4, 0.5) is 5.13 Å². The molecule has 0 saturated carbocycles. The standard InChI is InChI=1S/C24H28N4O2S/c1-4-14-28(23(30)20(5-2)18-11-7-6-8-12-18)16-21(29)25-24-27-26-22(31-24)19-13-9-10-17(3)15-19/h6-13,15,20H,4-5,14,16H2,1-3H3,(H,25,27,29)/t20-/m0/s1. The van der Waals surface area contributed by atoms with Gasteiger partial charge in [0, 0.05) is 12.1 Å². The average molecular weight is 437 g/mol. The van der Waals surface area contributed by atoms with Crippen LogP contribution in [0.15, 0.2) is 54.6 Å². The number of nitrogens with zero attached hydrogens (tertiary/aromatic N) is 3. The van der Waals surface area contributed by atoms with Crippen LogP contribution in [0.2, 0.25) is 0 Å². The molecule has 31 heavy (non-hydrogen) atoms. The molecule has 6 nitrogen and oxygen atoms in total. The smallest absolute Gasteiger partial charge is 0.245 e. The van der Waals surface area contributed by atoms with Crippen molar-refractivity contribution in [3.8, 4) is 10.6 Å². The van der Waals surface area contributed by atoms with Crippen molar-refractivity contribution in [3.63, 3.8) is 0 Å². The molecule has 0 spiro atoms. The highest BCUT2D eigenvalue weighted by Crippen LogP contribution is 2.27. The molecule has 3 aromatic rings. The lowest BCUT2D eigenvalue weighted by Gasteiger charge is -2.26. The summed E-state index contributed by atoms with van der Waals surface area (Å²) in [7, 11) is 0. The van der Waals surface area contributed by atoms with Crippen molar-refractivity contribution in [2.75, 3.05) is 18.4 Å². The molecular weight excluding hydrogens is 408 g/mol. The van der Waals surface area contributed by atoms with Crippen LogP contribution in [0.25, 0.3) is 10.6 Å². The summed E-state index contributed by atoms with van der Waals surface area (Å²) >= 11 is 1.32. The predicted octanol–water partition coefficient (Wildman–Crippen LogP) is 4.88. The lowest BCUT2D eigenvalue weighted by Crippen LogP contribution is -2.41. The van der Waals surface area contributed by atoms with Crippen molar-refractivity contribution in [2.24, 2.45) is 0 Å². The molecule has 162 valence electrons. The lowest BCUT2D eigenvalue weighted by atomic mass is 9.95. The van der Waals surface area contributed by atoms with E-state index < -0.39 is 0 Å². The first-order chi connectivity index (χ1) is 15.0. The normalized spacial score (nSPS) is 11.7. The molecule has 1 N–H and O–H groups in total. The molecule has 1 atom stereocenters. The predicted molar refractivity (Wildman–Crippen MR) is 125 cm³/mol. The van der Waals surface area contributed by atoms with E-state index in [4.69, 9.17) is 0 Å². The first-order valence-electron chi connectivity index (χ1n) is 10.6. The molecule has 0 fully saturated rings. The van der Waals surface area contributed by atoms with Gasteiger partial charge in [0.05, 0.1) is 12.5 Å². The number of benzene rings is 2. The van der Waals surface area contributed by atoms with Crippen molar-refractivity contribution in [2.45, 2.75) is 39.5 Å². The molecule has 2 aromatic carbocycles. The number of carbonyl (C=O) groups is 2. The fourth-order valence-corrected chi connectivity index (χ4v) is 4.25. The number of aromatic nitrogens is 2. The third-order valence-electron chi connectivity index (χ3n) is 4.98. The molecule has 3 rings (SSSR count). The summed E-state index contributed by atoms with van der Waals surface area (Å²) in [6.45, 7) is 6.54. The van der Waals surface area contributed by atoms with Gasteiger partial charge in [0.1, 0.15) is 5.01 Å². The van der Waals surface area contributed by atoms with E-state index >= 15 is 0 Å². The highest BCUT2D eigenvalue weighted by atomic mass is 32.1. The quantitative estimate of drug-likeness (QED) is 0.518. The van der Waals surface area contributed by atoms with E-state index in [2.05, 4.69) is 15.5 Å². The Morgan fingerprint density at radius 1 is 1.06 bits per heavy atom. The van der Waals surface area contributed by atoms with Gasteiger partial charge in [-0.3, -0.25) is 14.9 Å². The monoisotopic (exact) mass is 436 g/mol. The second-order valence-corrected chi connectivity index (χ2v) is 8.44. The summed E-state index contributed by atoms with van der Waals surface area (Å²) in [4.78, 5) is 27.5. The summed E-state index contributed by atoms with van der Waals surface area (Å²) in [5.74, 6) is -0.546. The summed E-state index contributed by atoms with van der Waals surface area (Å²) in [5.41, 5.74) is 3.08. The highest BCUT2D eigenvalue weighted by Gasteiger charge is 2.25. The minimum absolute atomic E-state index is 0.00460. The second-order valence-electron chi connectivity index (χ2n) is 7.46. The Bertz CT molecular complexity index is 1020. The van der Waals surface area contributed by atoms with E-state index in [0.717, 1.165) is 28.1 Å². The van der Waals surface area contributed by atoms with Crippen molar-refractivity contribution >= 4 is 28.3 Å². The Labute approximate surface area is 187 Å². The Kier molecular flexibility index (Phi) is 7.89. The minimum Gasteiger partial charge on any atom is -0.333 e. The topological polar surface area (TPSA) is 75.2 Å². The maximum Gasteiger partial charge on any atom is 0.245 e. The molecule has 0 radical (unpaired) electrons. The van der Waals surface area contributed by atoms with Gasteiger partial charge < -0.3 is 4.90 Å². The van der Waals surface area contributed by atoms with Gasteiger partial charge in [-0.1, -0.05) is 79.3 Å². The largest absolute Gasteiger partial charge is 0.333 e. The van der Waals surface area contributed by atoms with Crippen LogP contribution in [0.3, 0.4) is 0 Å². The third kappa shape index (κ3) is 5.98. The maximum absolute atomic E-state index is 13.2. The number of nitrogens with one attached hydrogen (secondary N) is 1.